The van der Waals surface area contributed by atoms with Crippen LogP contribution in [0, 0.1) is 11.3 Å². The summed E-state index contributed by atoms with van der Waals surface area (Å²) in [5.41, 5.74) is 6.91. The van der Waals surface area contributed by atoms with Gasteiger partial charge in [-0.05, 0) is 23.3 Å². The molecule has 4 heteroatoms. The largest absolute Gasteiger partial charge is 0.391 e. The maximum atomic E-state index is 12.2. The van der Waals surface area contributed by atoms with Crippen molar-refractivity contribution in [2.24, 2.45) is 17.1 Å². The van der Waals surface area contributed by atoms with Crippen molar-refractivity contribution in [3.8, 4) is 0 Å². The van der Waals surface area contributed by atoms with E-state index in [4.69, 9.17) is 18.0 Å². The zero-order chi connectivity index (χ0) is 16.0. The number of carbonyl (C=O) groups excluding carboxylic acids is 1. The van der Waals surface area contributed by atoms with Gasteiger partial charge in [-0.3, -0.25) is 4.79 Å². The van der Waals surface area contributed by atoms with Gasteiger partial charge in [0.2, 0.25) is 5.91 Å². The molecule has 0 bridgehead atoms. The van der Waals surface area contributed by atoms with E-state index in [0.29, 0.717) is 12.3 Å². The Balaban J connectivity index is 2.64. The highest BCUT2D eigenvalue weighted by molar-refractivity contribution is 7.80. The fraction of sp³-hybridized carbons (Fsp3) is 0.529. The Bertz CT molecular complexity index is 479. The van der Waals surface area contributed by atoms with Crippen molar-refractivity contribution in [3.63, 3.8) is 0 Å². The van der Waals surface area contributed by atoms with Crippen molar-refractivity contribution in [2.75, 3.05) is 0 Å². The number of nitrogens with two attached hydrogens (primary N) is 1. The normalized spacial score (nSPS) is 14.3. The van der Waals surface area contributed by atoms with Gasteiger partial charge in [0.05, 0.1) is 0 Å². The summed E-state index contributed by atoms with van der Waals surface area (Å²) in [6.45, 7) is 8.65. The Kier molecular flexibility index (Phi) is 6.34. The number of carbonyl (C=O) groups is 1. The molecule has 0 heterocycles. The molecule has 0 saturated carbocycles. The van der Waals surface area contributed by atoms with Gasteiger partial charge in [0, 0.05) is 6.42 Å². The summed E-state index contributed by atoms with van der Waals surface area (Å²) in [5, 5.41) is 2.94. The smallest absolute Gasteiger partial charge is 0.221 e. The maximum absolute atomic E-state index is 12.2. The minimum Gasteiger partial charge on any atom is -0.391 e. The van der Waals surface area contributed by atoms with E-state index >= 15 is 0 Å². The molecular formula is C17H26N2OS. The zero-order valence-electron chi connectivity index (χ0n) is 13.3. The summed E-state index contributed by atoms with van der Waals surface area (Å²) < 4.78 is 0. The molecule has 0 radical (unpaired) electrons. The molecule has 3 N–H and O–H groups in total. The first kappa shape index (κ1) is 17.6. The van der Waals surface area contributed by atoms with Gasteiger partial charge in [0.25, 0.3) is 0 Å². The van der Waals surface area contributed by atoms with Crippen LogP contribution >= 0.6 is 12.2 Å². The maximum Gasteiger partial charge on any atom is 0.221 e. The minimum atomic E-state index is -0.393. The lowest BCUT2D eigenvalue weighted by Gasteiger charge is -2.24. The molecule has 21 heavy (non-hydrogen) atoms. The Labute approximate surface area is 133 Å². The molecule has 0 aliphatic rings. The van der Waals surface area contributed by atoms with E-state index in [1.165, 1.54) is 0 Å². The quantitative estimate of drug-likeness (QED) is 0.790. The predicted molar refractivity (Wildman–Crippen MR) is 92.0 cm³/mol. The first-order valence-corrected chi connectivity index (χ1v) is 7.73. The highest BCUT2D eigenvalue weighted by atomic mass is 32.1. The third kappa shape index (κ3) is 6.71. The van der Waals surface area contributed by atoms with Gasteiger partial charge in [-0.1, -0.05) is 70.2 Å². The van der Waals surface area contributed by atoms with Crippen LogP contribution in [0.25, 0.3) is 0 Å². The van der Waals surface area contributed by atoms with Crippen molar-refractivity contribution in [1.29, 1.82) is 0 Å². The molecule has 2 atom stereocenters. The molecular weight excluding hydrogens is 280 g/mol. The van der Waals surface area contributed by atoms with E-state index in [1.54, 1.807) is 0 Å². The summed E-state index contributed by atoms with van der Waals surface area (Å²) >= 11 is 5.08. The highest BCUT2D eigenvalue weighted by Gasteiger charge is 2.21. The number of rotatable bonds is 6. The Morgan fingerprint density at radius 1 is 1.29 bits per heavy atom. The molecule has 3 nitrogen and oxygen atoms in total. The summed E-state index contributed by atoms with van der Waals surface area (Å²) in [6, 6.07) is 9.19. The number of benzene rings is 1. The van der Waals surface area contributed by atoms with Gasteiger partial charge >= 0.3 is 0 Å². The van der Waals surface area contributed by atoms with Crippen LogP contribution in [-0.2, 0) is 4.79 Å². The second kappa shape index (κ2) is 7.55. The summed E-state index contributed by atoms with van der Waals surface area (Å²) in [5.74, 6) is 0.321. The molecule has 0 fully saturated rings. The number of amides is 1. The van der Waals surface area contributed by atoms with Crippen molar-refractivity contribution >= 4 is 23.1 Å². The Morgan fingerprint density at radius 2 is 1.86 bits per heavy atom. The molecule has 1 amide bonds. The average Bonchev–Trinajstić information content (AvgIpc) is 2.34. The highest BCUT2D eigenvalue weighted by Crippen LogP contribution is 2.26. The second-order valence-corrected chi connectivity index (χ2v) is 7.36. The van der Waals surface area contributed by atoms with E-state index in [1.807, 2.05) is 30.3 Å². The molecule has 116 valence electrons. The third-order valence-electron chi connectivity index (χ3n) is 3.22. The zero-order valence-corrected chi connectivity index (χ0v) is 14.2. The predicted octanol–water partition coefficient (Wildman–Crippen LogP) is 3.59. The first-order chi connectivity index (χ1) is 9.69. The lowest BCUT2D eigenvalue weighted by molar-refractivity contribution is -0.122. The van der Waals surface area contributed by atoms with Crippen LogP contribution in [0.4, 0.5) is 0 Å². The van der Waals surface area contributed by atoms with Crippen LogP contribution in [0.2, 0.25) is 0 Å². The number of hydrogen-bond acceptors (Lipinski definition) is 2. The van der Waals surface area contributed by atoms with Gasteiger partial charge < -0.3 is 11.1 Å². The summed E-state index contributed by atoms with van der Waals surface area (Å²) in [4.78, 5) is 12.5. The number of hydrogen-bond donors (Lipinski definition) is 2. The molecule has 1 aromatic carbocycles. The second-order valence-electron chi connectivity index (χ2n) is 6.89. The molecule has 2 unspecified atom stereocenters. The monoisotopic (exact) mass is 306 g/mol. The van der Waals surface area contributed by atoms with Crippen LogP contribution in [0.3, 0.4) is 0 Å². The van der Waals surface area contributed by atoms with Gasteiger partial charge in [-0.2, -0.15) is 0 Å². The molecule has 0 aliphatic heterocycles. The van der Waals surface area contributed by atoms with Crippen molar-refractivity contribution in [1.82, 2.24) is 5.32 Å². The van der Waals surface area contributed by atoms with Crippen molar-refractivity contribution in [2.45, 2.75) is 46.6 Å². The van der Waals surface area contributed by atoms with Crippen LogP contribution in [-0.4, -0.2) is 10.9 Å². The molecule has 0 saturated heterocycles. The fourth-order valence-electron chi connectivity index (χ4n) is 2.62. The summed E-state index contributed by atoms with van der Waals surface area (Å²) in [6.07, 6.45) is 1.49. The van der Waals surface area contributed by atoms with Crippen molar-refractivity contribution in [3.05, 3.63) is 35.9 Å². The SMILES string of the molecule is CC(CC(=O)NC(C(N)=S)c1ccccc1)CC(C)(C)C. The molecule has 0 aliphatic carbocycles. The molecule has 0 aromatic heterocycles. The molecule has 1 aromatic rings. The van der Waals surface area contributed by atoms with Crippen LogP contribution in [0.5, 0.6) is 0 Å². The molecule has 0 spiro atoms. The topological polar surface area (TPSA) is 55.1 Å². The van der Waals surface area contributed by atoms with E-state index in [-0.39, 0.29) is 16.3 Å². The van der Waals surface area contributed by atoms with Crippen LogP contribution in [0.15, 0.2) is 30.3 Å². The van der Waals surface area contributed by atoms with E-state index in [2.05, 4.69) is 33.0 Å². The van der Waals surface area contributed by atoms with Gasteiger partial charge in [0.15, 0.2) is 0 Å². The lowest BCUT2D eigenvalue weighted by atomic mass is 9.84. The average molecular weight is 306 g/mol. The third-order valence-corrected chi connectivity index (χ3v) is 3.45. The Hall–Kier alpha value is -1.42. The van der Waals surface area contributed by atoms with Crippen LogP contribution < -0.4 is 11.1 Å². The minimum absolute atomic E-state index is 0.00611. The van der Waals surface area contributed by atoms with E-state index in [9.17, 15) is 4.79 Å². The van der Waals surface area contributed by atoms with Gasteiger partial charge in [-0.25, -0.2) is 0 Å². The van der Waals surface area contributed by atoms with Gasteiger partial charge in [0.1, 0.15) is 11.0 Å². The number of thiocarbonyl (C=S) groups is 1. The van der Waals surface area contributed by atoms with Gasteiger partial charge in [-0.15, -0.1) is 0 Å². The standard InChI is InChI=1S/C17H26N2OS/c1-12(11-17(2,3)4)10-14(20)19-15(16(18)21)13-8-6-5-7-9-13/h5-9,12,15H,10-11H2,1-4H3,(H2,18,21)(H,19,20). The fourth-order valence-corrected chi connectivity index (χ4v) is 2.81. The van der Waals surface area contributed by atoms with E-state index < -0.39 is 6.04 Å². The lowest BCUT2D eigenvalue weighted by Crippen LogP contribution is -2.37. The summed E-state index contributed by atoms with van der Waals surface area (Å²) in [7, 11) is 0. The molecule has 1 rings (SSSR count). The van der Waals surface area contributed by atoms with E-state index in [0.717, 1.165) is 12.0 Å². The van der Waals surface area contributed by atoms with Crippen LogP contribution in [0.1, 0.15) is 52.1 Å². The van der Waals surface area contributed by atoms with Crippen molar-refractivity contribution < 1.29 is 4.79 Å². The Morgan fingerprint density at radius 3 is 2.33 bits per heavy atom. The first-order valence-electron chi connectivity index (χ1n) is 7.32. The number of nitrogens with one attached hydrogen (secondary N) is 1.